The van der Waals surface area contributed by atoms with Crippen LogP contribution in [0.1, 0.15) is 28.8 Å². The first kappa shape index (κ1) is 24.4. The minimum Gasteiger partial charge on any atom is -0.458 e. The monoisotopic (exact) mass is 479 g/mol. The van der Waals surface area contributed by atoms with Crippen molar-refractivity contribution in [2.45, 2.75) is 26.7 Å². The van der Waals surface area contributed by atoms with Crippen LogP contribution in [-0.2, 0) is 14.3 Å². The molecule has 1 unspecified atom stereocenters. The summed E-state index contributed by atoms with van der Waals surface area (Å²) in [5.74, 6) is -1.11. The topological polar surface area (TPSA) is 91.2 Å². The summed E-state index contributed by atoms with van der Waals surface area (Å²) in [7, 11) is 0. The third-order valence-corrected chi connectivity index (χ3v) is 7.07. The van der Waals surface area contributed by atoms with Gasteiger partial charge in [0.1, 0.15) is 6.61 Å². The summed E-state index contributed by atoms with van der Waals surface area (Å²) in [4.78, 5) is 26.3. The van der Waals surface area contributed by atoms with Crippen LogP contribution in [0, 0.1) is 25.2 Å². The Bertz CT molecular complexity index is 1150. The minimum atomic E-state index is -0.558. The Labute approximate surface area is 202 Å². The standard InChI is InChI=1S/C25H25N3O3S2/c1-5-11-31-25(30)21-17(4)27-24(18(13-26)22(21)19-10-7-12-32-19)33-14-20(29)28-23-15(2)8-6-9-16(23)3/h5-10,12,22,27H,1,11,14H2,2-4H3,(H,28,29). The van der Waals surface area contributed by atoms with E-state index in [1.807, 2.05) is 49.6 Å². The van der Waals surface area contributed by atoms with E-state index in [0.29, 0.717) is 21.9 Å². The second-order valence-electron chi connectivity index (χ2n) is 7.46. The molecule has 0 saturated carbocycles. The summed E-state index contributed by atoms with van der Waals surface area (Å²) in [6, 6.07) is 11.9. The van der Waals surface area contributed by atoms with Crippen LogP contribution in [0.2, 0.25) is 0 Å². The molecule has 0 bridgehead atoms. The fraction of sp³-hybridized carbons (Fsp3) is 0.240. The van der Waals surface area contributed by atoms with Gasteiger partial charge in [0, 0.05) is 16.3 Å². The predicted octanol–water partition coefficient (Wildman–Crippen LogP) is 5.16. The highest BCUT2D eigenvalue weighted by Gasteiger charge is 2.36. The number of carbonyl (C=O) groups is 2. The van der Waals surface area contributed by atoms with Crippen molar-refractivity contribution in [3.8, 4) is 6.07 Å². The molecule has 2 aromatic rings. The molecule has 8 heteroatoms. The Hall–Kier alpha value is -3.28. The molecule has 1 aliphatic rings. The summed E-state index contributed by atoms with van der Waals surface area (Å²) in [5, 5.41) is 18.6. The normalized spacial score (nSPS) is 15.5. The minimum absolute atomic E-state index is 0.0818. The van der Waals surface area contributed by atoms with Crippen molar-refractivity contribution < 1.29 is 14.3 Å². The van der Waals surface area contributed by atoms with E-state index in [9.17, 15) is 14.9 Å². The van der Waals surface area contributed by atoms with Gasteiger partial charge >= 0.3 is 5.97 Å². The van der Waals surface area contributed by atoms with Crippen molar-refractivity contribution in [3.05, 3.63) is 86.2 Å². The molecule has 3 rings (SSSR count). The molecule has 1 aromatic carbocycles. The molecule has 33 heavy (non-hydrogen) atoms. The number of hydrogen-bond acceptors (Lipinski definition) is 7. The summed E-state index contributed by atoms with van der Waals surface area (Å²) in [5.41, 5.74) is 4.15. The van der Waals surface area contributed by atoms with Gasteiger partial charge in [-0.1, -0.05) is 48.7 Å². The van der Waals surface area contributed by atoms with Crippen molar-refractivity contribution in [3.63, 3.8) is 0 Å². The van der Waals surface area contributed by atoms with E-state index >= 15 is 0 Å². The first-order valence-electron chi connectivity index (χ1n) is 10.3. The summed E-state index contributed by atoms with van der Waals surface area (Å²) >= 11 is 2.70. The van der Waals surface area contributed by atoms with E-state index in [1.165, 1.54) is 29.2 Å². The number of nitrogens with one attached hydrogen (secondary N) is 2. The number of nitrogens with zero attached hydrogens (tertiary/aromatic N) is 1. The molecule has 0 fully saturated rings. The number of thioether (sulfide) groups is 1. The van der Waals surface area contributed by atoms with Gasteiger partial charge < -0.3 is 15.4 Å². The molecule has 0 spiro atoms. The molecule has 6 nitrogen and oxygen atoms in total. The predicted molar refractivity (Wildman–Crippen MR) is 134 cm³/mol. The van der Waals surface area contributed by atoms with Gasteiger partial charge in [0.05, 0.1) is 33.9 Å². The van der Waals surface area contributed by atoms with Crippen LogP contribution in [0.5, 0.6) is 0 Å². The first-order valence-corrected chi connectivity index (χ1v) is 12.2. The maximum Gasteiger partial charge on any atom is 0.337 e. The highest BCUT2D eigenvalue weighted by Crippen LogP contribution is 2.42. The van der Waals surface area contributed by atoms with Crippen LogP contribution in [0.4, 0.5) is 5.69 Å². The second kappa shape index (κ2) is 11.0. The molecule has 170 valence electrons. The molecule has 1 aromatic heterocycles. The van der Waals surface area contributed by atoms with Crippen LogP contribution in [-0.4, -0.2) is 24.2 Å². The third kappa shape index (κ3) is 5.56. The molecular formula is C25H25N3O3S2. The SMILES string of the molecule is C=CCOC(=O)C1=C(C)NC(SCC(=O)Nc2c(C)cccc2C)=C(C#N)C1c1cccs1. The van der Waals surface area contributed by atoms with Gasteiger partial charge in [-0.3, -0.25) is 4.79 Å². The number of nitriles is 1. The van der Waals surface area contributed by atoms with E-state index in [-0.39, 0.29) is 18.3 Å². The van der Waals surface area contributed by atoms with Crippen LogP contribution >= 0.6 is 23.1 Å². The van der Waals surface area contributed by atoms with E-state index in [1.54, 1.807) is 6.92 Å². The lowest BCUT2D eigenvalue weighted by molar-refractivity contribution is -0.138. The average molecular weight is 480 g/mol. The molecule has 2 N–H and O–H groups in total. The van der Waals surface area contributed by atoms with Crippen molar-refractivity contribution >= 4 is 40.7 Å². The Morgan fingerprint density at radius 3 is 2.61 bits per heavy atom. The first-order chi connectivity index (χ1) is 15.9. The van der Waals surface area contributed by atoms with Crippen LogP contribution in [0.25, 0.3) is 0 Å². The molecule has 1 amide bonds. The molecule has 0 radical (unpaired) electrons. The number of aryl methyl sites for hydroxylation is 2. The van der Waals surface area contributed by atoms with Gasteiger partial charge in [-0.15, -0.1) is 11.3 Å². The molecule has 1 aliphatic heterocycles. The van der Waals surface area contributed by atoms with E-state index in [4.69, 9.17) is 4.74 Å². The largest absolute Gasteiger partial charge is 0.458 e. The number of benzene rings is 1. The van der Waals surface area contributed by atoms with Crippen molar-refractivity contribution in [2.75, 3.05) is 17.7 Å². The maximum absolute atomic E-state index is 12.8. The van der Waals surface area contributed by atoms with E-state index < -0.39 is 11.9 Å². The molecular weight excluding hydrogens is 454 g/mol. The average Bonchev–Trinajstić information content (AvgIpc) is 3.32. The highest BCUT2D eigenvalue weighted by molar-refractivity contribution is 8.03. The Balaban J connectivity index is 1.85. The number of anilines is 1. The number of amides is 1. The number of para-hydroxylation sites is 1. The number of hydrogen-bond donors (Lipinski definition) is 2. The summed E-state index contributed by atoms with van der Waals surface area (Å²) < 4.78 is 5.29. The van der Waals surface area contributed by atoms with Gasteiger partial charge in [-0.05, 0) is 43.3 Å². The second-order valence-corrected chi connectivity index (χ2v) is 9.42. The number of thiophene rings is 1. The van der Waals surface area contributed by atoms with E-state index in [2.05, 4.69) is 23.3 Å². The fourth-order valence-electron chi connectivity index (χ4n) is 3.57. The van der Waals surface area contributed by atoms with Gasteiger partial charge in [0.25, 0.3) is 0 Å². The number of carbonyl (C=O) groups excluding carboxylic acids is 2. The fourth-order valence-corrected chi connectivity index (χ4v) is 5.31. The molecule has 2 heterocycles. The number of allylic oxidation sites excluding steroid dienone is 2. The molecule has 1 atom stereocenters. The van der Waals surface area contributed by atoms with E-state index in [0.717, 1.165) is 21.7 Å². The third-order valence-electron chi connectivity index (χ3n) is 5.12. The highest BCUT2D eigenvalue weighted by atomic mass is 32.2. The van der Waals surface area contributed by atoms with Crippen LogP contribution in [0.15, 0.2) is 70.2 Å². The summed E-state index contributed by atoms with van der Waals surface area (Å²) in [6.07, 6.45) is 1.50. The molecule has 0 saturated heterocycles. The zero-order valence-electron chi connectivity index (χ0n) is 18.7. The van der Waals surface area contributed by atoms with Crippen molar-refractivity contribution in [1.82, 2.24) is 5.32 Å². The lowest BCUT2D eigenvalue weighted by atomic mass is 9.87. The van der Waals surface area contributed by atoms with Gasteiger partial charge in [0.2, 0.25) is 5.91 Å². The summed E-state index contributed by atoms with van der Waals surface area (Å²) in [6.45, 7) is 9.33. The lowest BCUT2D eigenvalue weighted by Crippen LogP contribution is -2.29. The number of esters is 1. The smallest absolute Gasteiger partial charge is 0.337 e. The Morgan fingerprint density at radius 2 is 2.00 bits per heavy atom. The molecule has 0 aliphatic carbocycles. The number of dihydropyridines is 1. The maximum atomic E-state index is 12.8. The zero-order chi connectivity index (χ0) is 24.0. The number of ether oxygens (including phenoxy) is 1. The Morgan fingerprint density at radius 1 is 1.27 bits per heavy atom. The van der Waals surface area contributed by atoms with Crippen LogP contribution in [0.3, 0.4) is 0 Å². The van der Waals surface area contributed by atoms with Gasteiger partial charge in [-0.2, -0.15) is 5.26 Å². The lowest BCUT2D eigenvalue weighted by Gasteiger charge is -2.28. The van der Waals surface area contributed by atoms with Gasteiger partial charge in [-0.25, -0.2) is 4.79 Å². The van der Waals surface area contributed by atoms with Crippen molar-refractivity contribution in [1.29, 1.82) is 5.26 Å². The van der Waals surface area contributed by atoms with Gasteiger partial charge in [0.15, 0.2) is 0 Å². The zero-order valence-corrected chi connectivity index (χ0v) is 20.4. The van der Waals surface area contributed by atoms with Crippen molar-refractivity contribution in [2.24, 2.45) is 0 Å². The Kier molecular flexibility index (Phi) is 8.15. The number of rotatable bonds is 8. The quantitative estimate of drug-likeness (QED) is 0.401. The van der Waals surface area contributed by atoms with Crippen LogP contribution < -0.4 is 10.6 Å².